The summed E-state index contributed by atoms with van der Waals surface area (Å²) in [6, 6.07) is 6.43. The van der Waals surface area contributed by atoms with E-state index in [2.05, 4.69) is 55.9 Å². The first-order chi connectivity index (χ1) is 9.32. The van der Waals surface area contributed by atoms with E-state index >= 15 is 0 Å². The number of nitrogen functional groups attached to an aromatic ring is 1. The quantitative estimate of drug-likeness (QED) is 0.930. The topological polar surface area (TPSA) is 47.1 Å². The molecule has 2 rings (SSSR count). The highest BCUT2D eigenvalue weighted by Gasteiger charge is 2.20. The maximum atomic E-state index is 6.30. The smallest absolute Gasteiger partial charge is 0.154 e. The molecule has 0 bridgehead atoms. The molecule has 0 aliphatic rings. The number of aryl methyl sites for hydroxylation is 3. The van der Waals surface area contributed by atoms with E-state index in [4.69, 9.17) is 5.73 Å². The van der Waals surface area contributed by atoms with Crippen LogP contribution in [0, 0.1) is 13.8 Å². The van der Waals surface area contributed by atoms with E-state index in [0.717, 1.165) is 22.9 Å². The van der Waals surface area contributed by atoms with E-state index in [0.29, 0.717) is 5.92 Å². The van der Waals surface area contributed by atoms with E-state index < -0.39 is 0 Å². The SMILES string of the molecule is Cc1ccc(N(C)c2c(N)c(C(C)C)nn2C)c(C)c1. The van der Waals surface area contributed by atoms with Crippen molar-refractivity contribution in [3.05, 3.63) is 35.0 Å². The Morgan fingerprint density at radius 1 is 1.25 bits per heavy atom. The van der Waals surface area contributed by atoms with Crippen molar-refractivity contribution in [1.82, 2.24) is 9.78 Å². The molecule has 0 amide bonds. The van der Waals surface area contributed by atoms with Crippen LogP contribution in [0.15, 0.2) is 18.2 Å². The summed E-state index contributed by atoms with van der Waals surface area (Å²) in [4.78, 5) is 2.11. The summed E-state index contributed by atoms with van der Waals surface area (Å²) in [5, 5.41) is 4.55. The highest BCUT2D eigenvalue weighted by molar-refractivity contribution is 5.75. The Balaban J connectivity index is 2.51. The molecule has 0 unspecified atom stereocenters. The Bertz CT molecular complexity index is 626. The van der Waals surface area contributed by atoms with Crippen molar-refractivity contribution in [3.63, 3.8) is 0 Å². The molecule has 0 saturated carbocycles. The van der Waals surface area contributed by atoms with Gasteiger partial charge in [-0.25, -0.2) is 0 Å². The van der Waals surface area contributed by atoms with Crippen molar-refractivity contribution in [1.29, 1.82) is 0 Å². The molecular formula is C16H24N4. The molecule has 0 aliphatic carbocycles. The van der Waals surface area contributed by atoms with Crippen molar-refractivity contribution in [2.45, 2.75) is 33.6 Å². The van der Waals surface area contributed by atoms with E-state index in [-0.39, 0.29) is 0 Å². The van der Waals surface area contributed by atoms with Crippen LogP contribution in [0.1, 0.15) is 36.6 Å². The van der Waals surface area contributed by atoms with E-state index in [1.807, 2.05) is 18.8 Å². The molecule has 0 radical (unpaired) electrons. The van der Waals surface area contributed by atoms with Crippen molar-refractivity contribution >= 4 is 17.2 Å². The number of benzene rings is 1. The van der Waals surface area contributed by atoms with Crippen LogP contribution in [0.4, 0.5) is 17.2 Å². The summed E-state index contributed by atoms with van der Waals surface area (Å²) in [6.07, 6.45) is 0. The van der Waals surface area contributed by atoms with Crippen LogP contribution >= 0.6 is 0 Å². The molecule has 0 saturated heterocycles. The van der Waals surface area contributed by atoms with Gasteiger partial charge in [0.2, 0.25) is 0 Å². The summed E-state index contributed by atoms with van der Waals surface area (Å²) in [6.45, 7) is 8.44. The first kappa shape index (κ1) is 14.4. The molecule has 0 atom stereocenters. The van der Waals surface area contributed by atoms with Gasteiger partial charge < -0.3 is 10.6 Å². The molecule has 1 aromatic heterocycles. The maximum absolute atomic E-state index is 6.30. The second-order valence-electron chi connectivity index (χ2n) is 5.75. The van der Waals surface area contributed by atoms with Crippen LogP contribution in [-0.4, -0.2) is 16.8 Å². The lowest BCUT2D eigenvalue weighted by Crippen LogP contribution is -2.16. The summed E-state index contributed by atoms with van der Waals surface area (Å²) in [5.74, 6) is 1.27. The number of nitrogens with zero attached hydrogens (tertiary/aromatic N) is 3. The lowest BCUT2D eigenvalue weighted by Gasteiger charge is -2.22. The van der Waals surface area contributed by atoms with Gasteiger partial charge in [-0.3, -0.25) is 4.68 Å². The second kappa shape index (κ2) is 5.19. The molecule has 20 heavy (non-hydrogen) atoms. The molecular weight excluding hydrogens is 248 g/mol. The van der Waals surface area contributed by atoms with Gasteiger partial charge in [0.15, 0.2) is 5.82 Å². The van der Waals surface area contributed by atoms with Gasteiger partial charge in [-0.15, -0.1) is 0 Å². The van der Waals surface area contributed by atoms with E-state index in [1.165, 1.54) is 11.1 Å². The van der Waals surface area contributed by atoms with Gasteiger partial charge in [-0.05, 0) is 31.4 Å². The highest BCUT2D eigenvalue weighted by atomic mass is 15.4. The van der Waals surface area contributed by atoms with Crippen molar-refractivity contribution in [2.24, 2.45) is 7.05 Å². The molecule has 0 fully saturated rings. The lowest BCUT2D eigenvalue weighted by molar-refractivity contribution is 0.711. The highest BCUT2D eigenvalue weighted by Crippen LogP contribution is 2.35. The minimum atomic E-state index is 0.322. The second-order valence-corrected chi connectivity index (χ2v) is 5.75. The van der Waals surface area contributed by atoms with Gasteiger partial charge in [-0.2, -0.15) is 5.10 Å². The van der Waals surface area contributed by atoms with Crippen molar-refractivity contribution in [3.8, 4) is 0 Å². The number of hydrogen-bond acceptors (Lipinski definition) is 3. The molecule has 0 spiro atoms. The molecule has 108 valence electrons. The average Bonchev–Trinajstić information content (AvgIpc) is 2.64. The van der Waals surface area contributed by atoms with Crippen molar-refractivity contribution in [2.75, 3.05) is 17.7 Å². The first-order valence-corrected chi connectivity index (χ1v) is 6.96. The Kier molecular flexibility index (Phi) is 3.75. The standard InChI is InChI=1S/C16H24N4/c1-10(2)15-14(17)16(20(6)18-15)19(5)13-8-7-11(3)9-12(13)4/h7-10H,17H2,1-6H3. The summed E-state index contributed by atoms with van der Waals surface area (Å²) in [5.41, 5.74) is 11.7. The Morgan fingerprint density at radius 2 is 1.90 bits per heavy atom. The molecule has 1 aromatic carbocycles. The zero-order chi connectivity index (χ0) is 15.0. The van der Waals surface area contributed by atoms with E-state index in [1.54, 1.807) is 0 Å². The fraction of sp³-hybridized carbons (Fsp3) is 0.438. The largest absolute Gasteiger partial charge is 0.394 e. The lowest BCUT2D eigenvalue weighted by atomic mass is 10.1. The third-order valence-electron chi connectivity index (χ3n) is 3.66. The molecule has 2 aromatic rings. The molecule has 2 N–H and O–H groups in total. The average molecular weight is 272 g/mol. The fourth-order valence-electron chi connectivity index (χ4n) is 2.67. The van der Waals surface area contributed by atoms with Gasteiger partial charge in [0.25, 0.3) is 0 Å². The zero-order valence-electron chi connectivity index (χ0n) is 13.2. The number of anilines is 3. The monoisotopic (exact) mass is 272 g/mol. The third kappa shape index (κ3) is 2.38. The van der Waals surface area contributed by atoms with Gasteiger partial charge in [0.1, 0.15) is 0 Å². The van der Waals surface area contributed by atoms with E-state index in [9.17, 15) is 0 Å². The molecule has 4 nitrogen and oxygen atoms in total. The Labute approximate surface area is 121 Å². The third-order valence-corrected chi connectivity index (χ3v) is 3.66. The van der Waals surface area contributed by atoms with Crippen LogP contribution < -0.4 is 10.6 Å². The van der Waals surface area contributed by atoms with Crippen molar-refractivity contribution < 1.29 is 0 Å². The van der Waals surface area contributed by atoms with Crippen LogP contribution in [-0.2, 0) is 7.05 Å². The van der Waals surface area contributed by atoms with Gasteiger partial charge in [0, 0.05) is 19.8 Å². The van der Waals surface area contributed by atoms with Crippen LogP contribution in [0.25, 0.3) is 0 Å². The predicted molar refractivity (Wildman–Crippen MR) is 85.7 cm³/mol. The number of hydrogen-bond donors (Lipinski definition) is 1. The Morgan fingerprint density at radius 3 is 2.40 bits per heavy atom. The maximum Gasteiger partial charge on any atom is 0.154 e. The van der Waals surface area contributed by atoms with Crippen LogP contribution in [0.2, 0.25) is 0 Å². The van der Waals surface area contributed by atoms with Gasteiger partial charge in [-0.1, -0.05) is 31.5 Å². The minimum absolute atomic E-state index is 0.322. The van der Waals surface area contributed by atoms with Gasteiger partial charge >= 0.3 is 0 Å². The molecule has 0 aliphatic heterocycles. The van der Waals surface area contributed by atoms with Gasteiger partial charge in [0.05, 0.1) is 11.4 Å². The normalized spacial score (nSPS) is 11.2. The zero-order valence-corrected chi connectivity index (χ0v) is 13.2. The first-order valence-electron chi connectivity index (χ1n) is 6.96. The van der Waals surface area contributed by atoms with Crippen LogP contribution in [0.5, 0.6) is 0 Å². The summed E-state index contributed by atoms with van der Waals surface area (Å²) < 4.78 is 1.87. The number of aromatic nitrogens is 2. The molecule has 4 heteroatoms. The number of rotatable bonds is 3. The van der Waals surface area contributed by atoms with Crippen LogP contribution in [0.3, 0.4) is 0 Å². The summed E-state index contributed by atoms with van der Waals surface area (Å²) in [7, 11) is 3.98. The predicted octanol–water partition coefficient (Wildman–Crippen LogP) is 3.51. The molecule has 1 heterocycles. The minimum Gasteiger partial charge on any atom is -0.394 e. The summed E-state index contributed by atoms with van der Waals surface area (Å²) >= 11 is 0. The number of nitrogens with two attached hydrogens (primary N) is 1. The fourth-order valence-corrected chi connectivity index (χ4v) is 2.67. The Hall–Kier alpha value is -1.97.